The van der Waals surface area contributed by atoms with Crippen LogP contribution in [0.5, 0.6) is 5.75 Å². The Morgan fingerprint density at radius 3 is 2.89 bits per heavy atom. The molecule has 1 amide bonds. The fraction of sp³-hybridized carbons (Fsp3) is 0.167. The van der Waals surface area contributed by atoms with E-state index < -0.39 is 0 Å². The fourth-order valence-electron chi connectivity index (χ4n) is 1.42. The largest absolute Gasteiger partial charge is 0.506 e. The zero-order chi connectivity index (χ0) is 13.1. The maximum atomic E-state index is 11.8. The molecule has 0 aliphatic carbocycles. The van der Waals surface area contributed by atoms with Crippen molar-refractivity contribution in [2.45, 2.75) is 13.5 Å². The summed E-state index contributed by atoms with van der Waals surface area (Å²) >= 11 is 5.72. The number of phenolic OH excluding ortho intramolecular Hbond substituents is 1. The van der Waals surface area contributed by atoms with Gasteiger partial charge in [0.1, 0.15) is 17.2 Å². The van der Waals surface area contributed by atoms with E-state index in [1.807, 2.05) is 0 Å². The minimum Gasteiger partial charge on any atom is -0.506 e. The van der Waals surface area contributed by atoms with E-state index in [2.05, 4.69) is 10.5 Å². The molecule has 1 heterocycles. The van der Waals surface area contributed by atoms with Crippen molar-refractivity contribution in [3.05, 3.63) is 46.3 Å². The van der Waals surface area contributed by atoms with Gasteiger partial charge in [-0.1, -0.05) is 16.8 Å². The molecule has 0 radical (unpaired) electrons. The van der Waals surface area contributed by atoms with Gasteiger partial charge < -0.3 is 14.9 Å². The summed E-state index contributed by atoms with van der Waals surface area (Å²) in [5, 5.41) is 15.8. The highest BCUT2D eigenvalue weighted by Gasteiger charge is 2.09. The van der Waals surface area contributed by atoms with E-state index in [9.17, 15) is 9.90 Å². The van der Waals surface area contributed by atoms with Crippen molar-refractivity contribution >= 4 is 17.5 Å². The number of benzene rings is 1. The van der Waals surface area contributed by atoms with Crippen LogP contribution in [0.1, 0.15) is 21.8 Å². The summed E-state index contributed by atoms with van der Waals surface area (Å²) < 4.78 is 4.88. The summed E-state index contributed by atoms with van der Waals surface area (Å²) in [5.74, 6) is 0.338. The molecule has 2 N–H and O–H groups in total. The van der Waals surface area contributed by atoms with Gasteiger partial charge in [0, 0.05) is 11.6 Å². The highest BCUT2D eigenvalue weighted by molar-refractivity contribution is 6.32. The maximum absolute atomic E-state index is 11.8. The van der Waals surface area contributed by atoms with Gasteiger partial charge in [0.2, 0.25) is 0 Å². The second-order valence-electron chi connectivity index (χ2n) is 3.78. The number of hydrogen-bond donors (Lipinski definition) is 2. The summed E-state index contributed by atoms with van der Waals surface area (Å²) in [6.45, 7) is 2.05. The number of hydrogen-bond acceptors (Lipinski definition) is 4. The van der Waals surface area contributed by atoms with Gasteiger partial charge in [-0.2, -0.15) is 0 Å². The molecule has 2 aromatic rings. The van der Waals surface area contributed by atoms with E-state index in [1.165, 1.54) is 18.2 Å². The van der Waals surface area contributed by atoms with Gasteiger partial charge in [0.05, 0.1) is 11.6 Å². The molecule has 1 aromatic heterocycles. The topological polar surface area (TPSA) is 75.4 Å². The van der Waals surface area contributed by atoms with Crippen LogP contribution in [-0.4, -0.2) is 16.2 Å². The number of amides is 1. The first-order valence-corrected chi connectivity index (χ1v) is 5.63. The van der Waals surface area contributed by atoms with E-state index in [0.717, 1.165) is 0 Å². The molecule has 0 atom stereocenters. The summed E-state index contributed by atoms with van der Waals surface area (Å²) in [6, 6.07) is 6.01. The quantitative estimate of drug-likeness (QED) is 0.894. The molecule has 1 aromatic carbocycles. The number of aromatic hydroxyl groups is 1. The molecule has 0 saturated heterocycles. The number of nitrogens with one attached hydrogen (secondary N) is 1. The smallest absolute Gasteiger partial charge is 0.251 e. The standard InChI is InChI=1S/C12H11ClN2O3/c1-7-4-9(15-18-7)6-14-12(17)8-2-3-11(16)10(13)5-8/h2-5,16H,6H2,1H3,(H,14,17). The third-order valence-corrected chi connectivity index (χ3v) is 2.62. The monoisotopic (exact) mass is 266 g/mol. The minimum absolute atomic E-state index is 0.0552. The lowest BCUT2D eigenvalue weighted by Gasteiger charge is -2.04. The number of aryl methyl sites for hydroxylation is 1. The van der Waals surface area contributed by atoms with E-state index in [4.69, 9.17) is 16.1 Å². The Morgan fingerprint density at radius 1 is 1.50 bits per heavy atom. The Hall–Kier alpha value is -2.01. The zero-order valence-corrected chi connectivity index (χ0v) is 10.4. The van der Waals surface area contributed by atoms with Gasteiger partial charge in [-0.05, 0) is 25.1 Å². The van der Waals surface area contributed by atoms with E-state index in [-0.39, 0.29) is 23.2 Å². The number of halogens is 1. The lowest BCUT2D eigenvalue weighted by Crippen LogP contribution is -2.22. The van der Waals surface area contributed by atoms with Crippen LogP contribution in [-0.2, 0) is 6.54 Å². The van der Waals surface area contributed by atoms with E-state index in [1.54, 1.807) is 13.0 Å². The zero-order valence-electron chi connectivity index (χ0n) is 9.61. The van der Waals surface area contributed by atoms with Crippen molar-refractivity contribution in [2.75, 3.05) is 0 Å². The Kier molecular flexibility index (Phi) is 3.53. The van der Waals surface area contributed by atoms with Gasteiger partial charge in [-0.25, -0.2) is 0 Å². The van der Waals surface area contributed by atoms with Crippen LogP contribution in [0.3, 0.4) is 0 Å². The number of carbonyl (C=O) groups excluding carboxylic acids is 1. The molecule has 0 aliphatic rings. The van der Waals surface area contributed by atoms with Crippen molar-refractivity contribution in [3.63, 3.8) is 0 Å². The third-order valence-electron chi connectivity index (χ3n) is 2.32. The average Bonchev–Trinajstić information content (AvgIpc) is 2.75. The molecular formula is C12H11ClN2O3. The molecular weight excluding hydrogens is 256 g/mol. The number of phenols is 1. The summed E-state index contributed by atoms with van der Waals surface area (Å²) in [4.78, 5) is 11.8. The Balaban J connectivity index is 2.01. The number of rotatable bonds is 3. The van der Waals surface area contributed by atoms with Gasteiger partial charge in [0.25, 0.3) is 5.91 Å². The molecule has 0 aliphatic heterocycles. The Morgan fingerprint density at radius 2 is 2.28 bits per heavy atom. The van der Waals surface area contributed by atoms with Crippen LogP contribution in [0.2, 0.25) is 5.02 Å². The van der Waals surface area contributed by atoms with Gasteiger partial charge in [0.15, 0.2) is 0 Å². The fourth-order valence-corrected chi connectivity index (χ4v) is 1.60. The predicted octanol–water partition coefficient (Wildman–Crippen LogP) is 2.27. The van der Waals surface area contributed by atoms with Crippen LogP contribution in [0.4, 0.5) is 0 Å². The summed E-state index contributed by atoms with van der Waals surface area (Å²) in [7, 11) is 0. The Bertz CT molecular complexity index is 580. The van der Waals surface area contributed by atoms with Crippen LogP contribution in [0.15, 0.2) is 28.8 Å². The van der Waals surface area contributed by atoms with Crippen molar-refractivity contribution in [3.8, 4) is 5.75 Å². The van der Waals surface area contributed by atoms with Gasteiger partial charge in [-0.15, -0.1) is 0 Å². The first-order chi connectivity index (χ1) is 8.56. The molecule has 0 spiro atoms. The molecule has 0 bridgehead atoms. The first-order valence-electron chi connectivity index (χ1n) is 5.25. The average molecular weight is 267 g/mol. The van der Waals surface area contributed by atoms with Crippen LogP contribution in [0, 0.1) is 6.92 Å². The molecule has 18 heavy (non-hydrogen) atoms. The Labute approximate surface area is 108 Å². The maximum Gasteiger partial charge on any atom is 0.251 e. The van der Waals surface area contributed by atoms with E-state index in [0.29, 0.717) is 17.0 Å². The number of carbonyl (C=O) groups is 1. The second kappa shape index (κ2) is 5.10. The molecule has 0 fully saturated rings. The van der Waals surface area contributed by atoms with Gasteiger partial charge in [-0.3, -0.25) is 4.79 Å². The lowest BCUT2D eigenvalue weighted by molar-refractivity contribution is 0.0950. The van der Waals surface area contributed by atoms with Crippen LogP contribution < -0.4 is 5.32 Å². The van der Waals surface area contributed by atoms with Crippen LogP contribution in [0.25, 0.3) is 0 Å². The van der Waals surface area contributed by atoms with Crippen molar-refractivity contribution in [1.29, 1.82) is 0 Å². The molecule has 0 saturated carbocycles. The van der Waals surface area contributed by atoms with Crippen molar-refractivity contribution < 1.29 is 14.4 Å². The highest BCUT2D eigenvalue weighted by Crippen LogP contribution is 2.23. The molecule has 94 valence electrons. The van der Waals surface area contributed by atoms with Crippen LogP contribution >= 0.6 is 11.6 Å². The lowest BCUT2D eigenvalue weighted by atomic mass is 10.2. The molecule has 0 unspecified atom stereocenters. The molecule has 5 nitrogen and oxygen atoms in total. The second-order valence-corrected chi connectivity index (χ2v) is 4.18. The first kappa shape index (κ1) is 12.4. The number of aromatic nitrogens is 1. The SMILES string of the molecule is Cc1cc(CNC(=O)c2ccc(O)c(Cl)c2)no1. The molecule has 2 rings (SSSR count). The minimum atomic E-state index is -0.294. The van der Waals surface area contributed by atoms with Crippen molar-refractivity contribution in [2.24, 2.45) is 0 Å². The molecule has 6 heteroatoms. The summed E-state index contributed by atoms with van der Waals surface area (Å²) in [6.07, 6.45) is 0. The summed E-state index contributed by atoms with van der Waals surface area (Å²) in [5.41, 5.74) is 1.02. The normalized spacial score (nSPS) is 10.3. The van der Waals surface area contributed by atoms with E-state index >= 15 is 0 Å². The predicted molar refractivity (Wildman–Crippen MR) is 65.5 cm³/mol. The van der Waals surface area contributed by atoms with Gasteiger partial charge >= 0.3 is 0 Å². The highest BCUT2D eigenvalue weighted by atomic mass is 35.5. The third kappa shape index (κ3) is 2.81. The number of nitrogens with zero attached hydrogens (tertiary/aromatic N) is 1. The van der Waals surface area contributed by atoms with Crippen molar-refractivity contribution in [1.82, 2.24) is 10.5 Å².